The first-order chi connectivity index (χ1) is 6.58. The minimum Gasteiger partial charge on any atom is -0.492 e. The average molecular weight is 216 g/mol. The molecule has 3 N–H and O–H groups in total. The molecular formula is C8H12N2O3S. The molecule has 0 amide bonds. The Morgan fingerprint density at radius 3 is 2.50 bits per heavy atom. The van der Waals surface area contributed by atoms with Gasteiger partial charge in [-0.25, -0.2) is 5.14 Å². The summed E-state index contributed by atoms with van der Waals surface area (Å²) in [5.74, 6) is 0.698. The molecule has 0 saturated carbocycles. The van der Waals surface area contributed by atoms with Gasteiger partial charge in [0.1, 0.15) is 12.4 Å². The molecule has 0 fully saturated rings. The Bertz CT molecular complexity index is 363. The molecule has 0 bridgehead atoms. The van der Waals surface area contributed by atoms with Gasteiger partial charge in [0, 0.05) is 6.54 Å². The van der Waals surface area contributed by atoms with Crippen molar-refractivity contribution in [1.82, 2.24) is 4.72 Å². The Hall–Kier alpha value is -1.11. The van der Waals surface area contributed by atoms with Gasteiger partial charge in [-0.05, 0) is 12.1 Å². The van der Waals surface area contributed by atoms with Crippen LogP contribution in [0.1, 0.15) is 0 Å². The second-order valence-electron chi connectivity index (χ2n) is 2.60. The Balaban J connectivity index is 2.23. The molecule has 0 spiro atoms. The third kappa shape index (κ3) is 4.80. The highest BCUT2D eigenvalue weighted by Crippen LogP contribution is 2.07. The van der Waals surface area contributed by atoms with E-state index in [1.165, 1.54) is 0 Å². The van der Waals surface area contributed by atoms with Crippen molar-refractivity contribution in [2.45, 2.75) is 0 Å². The molecule has 0 heterocycles. The van der Waals surface area contributed by atoms with Gasteiger partial charge >= 0.3 is 0 Å². The first-order valence-corrected chi connectivity index (χ1v) is 5.58. The Morgan fingerprint density at radius 2 is 1.93 bits per heavy atom. The molecule has 0 radical (unpaired) electrons. The molecule has 1 aromatic carbocycles. The van der Waals surface area contributed by atoms with Crippen LogP contribution < -0.4 is 14.6 Å². The number of para-hydroxylation sites is 1. The highest BCUT2D eigenvalue weighted by atomic mass is 32.2. The van der Waals surface area contributed by atoms with Crippen molar-refractivity contribution in [3.63, 3.8) is 0 Å². The van der Waals surface area contributed by atoms with Gasteiger partial charge in [-0.15, -0.1) is 0 Å². The molecule has 0 atom stereocenters. The predicted octanol–water partition coefficient (Wildman–Crippen LogP) is -0.141. The second-order valence-corrected chi connectivity index (χ2v) is 3.98. The maximum absolute atomic E-state index is 10.5. The van der Waals surface area contributed by atoms with Crippen LogP contribution in [-0.4, -0.2) is 21.6 Å². The normalized spacial score (nSPS) is 11.2. The van der Waals surface area contributed by atoms with Gasteiger partial charge in [0.05, 0.1) is 0 Å². The van der Waals surface area contributed by atoms with Gasteiger partial charge in [-0.2, -0.15) is 13.1 Å². The molecule has 1 aromatic rings. The van der Waals surface area contributed by atoms with Crippen LogP contribution in [0.3, 0.4) is 0 Å². The summed E-state index contributed by atoms with van der Waals surface area (Å²) < 4.78 is 28.2. The lowest BCUT2D eigenvalue weighted by molar-refractivity contribution is 0.323. The van der Waals surface area contributed by atoms with Crippen molar-refractivity contribution < 1.29 is 13.2 Å². The van der Waals surface area contributed by atoms with Crippen molar-refractivity contribution in [2.75, 3.05) is 13.2 Å². The Labute approximate surface area is 83.1 Å². The lowest BCUT2D eigenvalue weighted by atomic mass is 10.3. The number of nitrogens with one attached hydrogen (secondary N) is 1. The highest BCUT2D eigenvalue weighted by Gasteiger charge is 1.99. The van der Waals surface area contributed by atoms with E-state index >= 15 is 0 Å². The molecule has 1 rings (SSSR count). The lowest BCUT2D eigenvalue weighted by Gasteiger charge is -2.05. The van der Waals surface area contributed by atoms with E-state index in [1.54, 1.807) is 12.1 Å². The maximum atomic E-state index is 10.5. The zero-order valence-electron chi connectivity index (χ0n) is 7.51. The fourth-order valence-corrected chi connectivity index (χ4v) is 1.24. The van der Waals surface area contributed by atoms with Crippen molar-refractivity contribution >= 4 is 10.2 Å². The third-order valence-electron chi connectivity index (χ3n) is 1.42. The number of hydrogen-bond donors (Lipinski definition) is 2. The van der Waals surface area contributed by atoms with Gasteiger partial charge in [-0.1, -0.05) is 18.2 Å². The number of hydrogen-bond acceptors (Lipinski definition) is 3. The monoisotopic (exact) mass is 216 g/mol. The Morgan fingerprint density at radius 1 is 1.29 bits per heavy atom. The summed E-state index contributed by atoms with van der Waals surface area (Å²) in [6, 6.07) is 9.12. The zero-order chi connectivity index (χ0) is 10.4. The molecule has 5 nitrogen and oxygen atoms in total. The van der Waals surface area contributed by atoms with Gasteiger partial charge < -0.3 is 4.74 Å². The molecule has 0 unspecified atom stereocenters. The predicted molar refractivity (Wildman–Crippen MR) is 53.0 cm³/mol. The van der Waals surface area contributed by atoms with Crippen LogP contribution in [0.4, 0.5) is 0 Å². The maximum Gasteiger partial charge on any atom is 0.274 e. The standard InChI is InChI=1S/C8H12N2O3S/c9-14(11,12)10-6-7-13-8-4-2-1-3-5-8/h1-5,10H,6-7H2,(H2,9,11,12). The van der Waals surface area contributed by atoms with E-state index in [2.05, 4.69) is 4.72 Å². The molecule has 0 aliphatic heterocycles. The summed E-state index contributed by atoms with van der Waals surface area (Å²) >= 11 is 0. The van der Waals surface area contributed by atoms with Crippen LogP contribution in [0.5, 0.6) is 5.75 Å². The number of benzene rings is 1. The Kier molecular flexibility index (Phi) is 3.87. The largest absolute Gasteiger partial charge is 0.492 e. The van der Waals surface area contributed by atoms with E-state index in [0.717, 1.165) is 0 Å². The number of nitrogens with two attached hydrogens (primary N) is 1. The van der Waals surface area contributed by atoms with E-state index in [-0.39, 0.29) is 13.2 Å². The van der Waals surface area contributed by atoms with Crippen LogP contribution >= 0.6 is 0 Å². The molecule has 0 saturated heterocycles. The van der Waals surface area contributed by atoms with Crippen molar-refractivity contribution in [2.24, 2.45) is 5.14 Å². The second kappa shape index (κ2) is 4.94. The lowest BCUT2D eigenvalue weighted by Crippen LogP contribution is -2.33. The number of ether oxygens (including phenoxy) is 1. The topological polar surface area (TPSA) is 81.4 Å². The molecule has 0 aliphatic rings. The summed E-state index contributed by atoms with van der Waals surface area (Å²) in [5, 5.41) is 4.72. The van der Waals surface area contributed by atoms with Crippen molar-refractivity contribution in [1.29, 1.82) is 0 Å². The zero-order valence-corrected chi connectivity index (χ0v) is 8.33. The van der Waals surface area contributed by atoms with Crippen LogP contribution in [0.15, 0.2) is 30.3 Å². The van der Waals surface area contributed by atoms with Gasteiger partial charge in [0.25, 0.3) is 10.2 Å². The average Bonchev–Trinajstić information content (AvgIpc) is 2.13. The summed E-state index contributed by atoms with van der Waals surface area (Å²) in [7, 11) is -3.61. The first-order valence-electron chi connectivity index (χ1n) is 4.03. The molecular weight excluding hydrogens is 204 g/mol. The summed E-state index contributed by atoms with van der Waals surface area (Å²) in [6.45, 7) is 0.411. The fraction of sp³-hybridized carbons (Fsp3) is 0.250. The smallest absolute Gasteiger partial charge is 0.274 e. The van der Waals surface area contributed by atoms with Crippen molar-refractivity contribution in [3.8, 4) is 5.75 Å². The quantitative estimate of drug-likeness (QED) is 0.672. The van der Waals surface area contributed by atoms with Crippen LogP contribution in [0.25, 0.3) is 0 Å². The van der Waals surface area contributed by atoms with Crippen LogP contribution in [-0.2, 0) is 10.2 Å². The SMILES string of the molecule is NS(=O)(=O)NCCOc1ccccc1. The van der Waals surface area contributed by atoms with Crippen molar-refractivity contribution in [3.05, 3.63) is 30.3 Å². The highest BCUT2D eigenvalue weighted by molar-refractivity contribution is 7.87. The summed E-state index contributed by atoms with van der Waals surface area (Å²) in [5.41, 5.74) is 0. The van der Waals surface area contributed by atoms with E-state index in [9.17, 15) is 8.42 Å². The molecule has 0 aliphatic carbocycles. The van der Waals surface area contributed by atoms with Crippen LogP contribution in [0.2, 0.25) is 0 Å². The molecule has 0 aromatic heterocycles. The minimum atomic E-state index is -3.61. The molecule has 6 heteroatoms. The first kappa shape index (κ1) is 11.0. The van der Waals surface area contributed by atoms with Gasteiger partial charge in [0.2, 0.25) is 0 Å². The van der Waals surface area contributed by atoms with E-state index in [4.69, 9.17) is 9.88 Å². The fourth-order valence-electron chi connectivity index (χ4n) is 0.870. The van der Waals surface area contributed by atoms with Crippen LogP contribution in [0, 0.1) is 0 Å². The summed E-state index contributed by atoms with van der Waals surface area (Å²) in [6.07, 6.45) is 0. The van der Waals surface area contributed by atoms with Gasteiger partial charge in [0.15, 0.2) is 0 Å². The van der Waals surface area contributed by atoms with E-state index < -0.39 is 10.2 Å². The minimum absolute atomic E-state index is 0.160. The third-order valence-corrected chi connectivity index (χ3v) is 2.02. The number of rotatable bonds is 5. The van der Waals surface area contributed by atoms with E-state index in [1.807, 2.05) is 18.2 Å². The summed E-state index contributed by atoms with van der Waals surface area (Å²) in [4.78, 5) is 0. The molecule has 14 heavy (non-hydrogen) atoms. The van der Waals surface area contributed by atoms with E-state index in [0.29, 0.717) is 5.75 Å². The van der Waals surface area contributed by atoms with Gasteiger partial charge in [-0.3, -0.25) is 0 Å². The molecule has 78 valence electrons.